The summed E-state index contributed by atoms with van der Waals surface area (Å²) in [5, 5.41) is -0.107. The molecule has 0 amide bonds. The number of nitrogens with zero attached hydrogens (tertiary/aromatic N) is 3. The van der Waals surface area contributed by atoms with Crippen molar-refractivity contribution in [2.75, 3.05) is 21.3 Å². The summed E-state index contributed by atoms with van der Waals surface area (Å²) in [6, 6.07) is 10.8. The molecule has 1 atom stereocenters. The minimum absolute atomic E-state index is 0.0120. The summed E-state index contributed by atoms with van der Waals surface area (Å²) in [4.78, 5) is 8.87. The summed E-state index contributed by atoms with van der Waals surface area (Å²) >= 11 is 0. The van der Waals surface area contributed by atoms with Crippen LogP contribution in [0.5, 0.6) is 17.2 Å². The highest BCUT2D eigenvalue weighted by molar-refractivity contribution is 7.91. The Hall–Kier alpha value is -3.44. The number of fused-ring (bicyclic) bond motifs is 1. The topological polar surface area (TPSA) is 110 Å². The zero-order valence-corrected chi connectivity index (χ0v) is 21.6. The van der Waals surface area contributed by atoms with Crippen LogP contribution >= 0.6 is 0 Å². The van der Waals surface area contributed by atoms with Crippen LogP contribution in [0, 0.1) is 13.8 Å². The molecule has 0 aliphatic heterocycles. The lowest BCUT2D eigenvalue weighted by molar-refractivity contribution is 0.407. The van der Waals surface area contributed by atoms with E-state index in [0.29, 0.717) is 28.5 Å². The highest BCUT2D eigenvalue weighted by Crippen LogP contribution is 2.30. The van der Waals surface area contributed by atoms with Gasteiger partial charge in [-0.1, -0.05) is 0 Å². The van der Waals surface area contributed by atoms with E-state index in [1.54, 1.807) is 43.6 Å². The van der Waals surface area contributed by atoms with E-state index in [9.17, 15) is 12.6 Å². The van der Waals surface area contributed by atoms with E-state index in [1.165, 1.54) is 26.4 Å². The molecule has 0 saturated heterocycles. The van der Waals surface area contributed by atoms with Crippen LogP contribution in [-0.2, 0) is 26.6 Å². The molecule has 11 heteroatoms. The SMILES string of the molecule is COc1ccc(S(=O)(=O)n2c(S(=O)Cc3ncc(C)c(OC)c3C)nc3cc(OC)ccc32)cc1. The van der Waals surface area contributed by atoms with E-state index >= 15 is 0 Å². The highest BCUT2D eigenvalue weighted by Gasteiger charge is 2.28. The Morgan fingerprint density at radius 3 is 2.23 bits per heavy atom. The van der Waals surface area contributed by atoms with Gasteiger partial charge in [0.25, 0.3) is 10.0 Å². The average Bonchev–Trinajstić information content (AvgIpc) is 3.26. The Labute approximate surface area is 206 Å². The van der Waals surface area contributed by atoms with Crippen LogP contribution in [0.15, 0.2) is 58.7 Å². The molecule has 0 saturated carbocycles. The molecule has 0 radical (unpaired) electrons. The first-order valence-electron chi connectivity index (χ1n) is 10.5. The van der Waals surface area contributed by atoms with E-state index in [2.05, 4.69) is 9.97 Å². The first-order chi connectivity index (χ1) is 16.7. The molecule has 0 aliphatic carbocycles. The van der Waals surface area contributed by atoms with Crippen LogP contribution in [0.2, 0.25) is 0 Å². The van der Waals surface area contributed by atoms with Gasteiger partial charge in [-0.25, -0.2) is 17.4 Å². The molecule has 9 nitrogen and oxygen atoms in total. The predicted octanol–water partition coefficient (Wildman–Crippen LogP) is 3.62. The average molecular weight is 516 g/mol. The van der Waals surface area contributed by atoms with Gasteiger partial charge in [0.1, 0.15) is 17.2 Å². The van der Waals surface area contributed by atoms with Crippen molar-refractivity contribution >= 4 is 31.9 Å². The number of imidazole rings is 1. The van der Waals surface area contributed by atoms with Gasteiger partial charge < -0.3 is 14.2 Å². The van der Waals surface area contributed by atoms with Crippen molar-refractivity contribution in [2.24, 2.45) is 0 Å². The Bertz CT molecular complexity index is 1530. The van der Waals surface area contributed by atoms with Gasteiger partial charge in [-0.05, 0) is 50.2 Å². The number of hydrogen-bond donors (Lipinski definition) is 0. The fourth-order valence-electron chi connectivity index (χ4n) is 3.78. The zero-order chi connectivity index (χ0) is 25.3. The summed E-state index contributed by atoms with van der Waals surface area (Å²) in [6.45, 7) is 3.70. The third-order valence-corrected chi connectivity index (χ3v) is 8.66. The predicted molar refractivity (Wildman–Crippen MR) is 132 cm³/mol. The number of ether oxygens (including phenoxy) is 3. The molecule has 4 rings (SSSR count). The second-order valence-corrected chi connectivity index (χ2v) is 10.9. The molecule has 184 valence electrons. The van der Waals surface area contributed by atoms with Crippen molar-refractivity contribution < 1.29 is 26.8 Å². The Kier molecular flexibility index (Phi) is 6.82. The zero-order valence-electron chi connectivity index (χ0n) is 19.9. The van der Waals surface area contributed by atoms with Crippen molar-refractivity contribution in [3.8, 4) is 17.2 Å². The van der Waals surface area contributed by atoms with Gasteiger partial charge in [0, 0.05) is 23.4 Å². The van der Waals surface area contributed by atoms with Crippen molar-refractivity contribution in [3.05, 3.63) is 65.5 Å². The van der Waals surface area contributed by atoms with Gasteiger partial charge in [0.15, 0.2) is 0 Å². The van der Waals surface area contributed by atoms with E-state index in [1.807, 2.05) is 13.8 Å². The van der Waals surface area contributed by atoms with Crippen LogP contribution in [0.4, 0.5) is 0 Å². The smallest absolute Gasteiger partial charge is 0.270 e. The quantitative estimate of drug-likeness (QED) is 0.350. The second-order valence-electron chi connectivity index (χ2n) is 7.73. The van der Waals surface area contributed by atoms with Crippen molar-refractivity contribution in [2.45, 2.75) is 29.7 Å². The van der Waals surface area contributed by atoms with Gasteiger partial charge in [-0.2, -0.15) is 0 Å². The second kappa shape index (κ2) is 9.67. The summed E-state index contributed by atoms with van der Waals surface area (Å²) < 4.78 is 58.0. The molecular formula is C24H25N3O6S2. The van der Waals surface area contributed by atoms with Gasteiger partial charge in [0.05, 0.1) is 59.5 Å². The Morgan fingerprint density at radius 1 is 0.943 bits per heavy atom. The number of benzene rings is 2. The molecule has 2 heterocycles. The summed E-state index contributed by atoms with van der Waals surface area (Å²) in [5.74, 6) is 1.63. The maximum atomic E-state index is 13.7. The van der Waals surface area contributed by atoms with E-state index in [4.69, 9.17) is 14.2 Å². The fraction of sp³-hybridized carbons (Fsp3) is 0.250. The lowest BCUT2D eigenvalue weighted by atomic mass is 10.1. The number of hydrogen-bond acceptors (Lipinski definition) is 8. The summed E-state index contributed by atoms with van der Waals surface area (Å²) in [7, 11) is -1.43. The lowest BCUT2D eigenvalue weighted by Crippen LogP contribution is -2.18. The molecule has 0 aliphatic rings. The van der Waals surface area contributed by atoms with Crippen molar-refractivity contribution in [1.29, 1.82) is 0 Å². The molecule has 35 heavy (non-hydrogen) atoms. The fourth-order valence-corrected chi connectivity index (χ4v) is 6.82. The monoisotopic (exact) mass is 515 g/mol. The summed E-state index contributed by atoms with van der Waals surface area (Å²) in [6.07, 6.45) is 1.64. The molecule has 0 bridgehead atoms. The normalized spacial score (nSPS) is 12.5. The minimum atomic E-state index is -4.14. The number of pyridine rings is 1. The van der Waals surface area contributed by atoms with Crippen LogP contribution in [0.1, 0.15) is 16.8 Å². The molecular weight excluding hydrogens is 490 g/mol. The largest absolute Gasteiger partial charge is 0.497 e. The van der Waals surface area contributed by atoms with Crippen molar-refractivity contribution in [1.82, 2.24) is 13.9 Å². The van der Waals surface area contributed by atoms with Crippen molar-refractivity contribution in [3.63, 3.8) is 0 Å². The summed E-state index contributed by atoms with van der Waals surface area (Å²) in [5.41, 5.74) is 2.75. The maximum Gasteiger partial charge on any atom is 0.270 e. The van der Waals surface area contributed by atoms with Gasteiger partial charge in [0.2, 0.25) is 5.16 Å². The number of aryl methyl sites for hydroxylation is 1. The molecule has 0 N–H and O–H groups in total. The molecule has 0 fully saturated rings. The van der Waals surface area contributed by atoms with E-state index in [0.717, 1.165) is 15.1 Å². The number of rotatable bonds is 8. The molecule has 2 aromatic carbocycles. The molecule has 0 spiro atoms. The number of methoxy groups -OCH3 is 3. The van der Waals surface area contributed by atoms with Crippen LogP contribution in [0.25, 0.3) is 11.0 Å². The van der Waals surface area contributed by atoms with Gasteiger partial charge in [-0.15, -0.1) is 0 Å². The minimum Gasteiger partial charge on any atom is -0.497 e. The van der Waals surface area contributed by atoms with Crippen LogP contribution < -0.4 is 14.2 Å². The third-order valence-electron chi connectivity index (χ3n) is 5.61. The molecule has 4 aromatic rings. The van der Waals surface area contributed by atoms with Crippen LogP contribution in [0.3, 0.4) is 0 Å². The molecule has 2 aromatic heterocycles. The number of aromatic nitrogens is 3. The van der Waals surface area contributed by atoms with Crippen LogP contribution in [-0.4, -0.2) is 47.9 Å². The highest BCUT2D eigenvalue weighted by atomic mass is 32.2. The maximum absolute atomic E-state index is 13.7. The van der Waals surface area contributed by atoms with Gasteiger partial charge >= 0.3 is 0 Å². The first-order valence-corrected chi connectivity index (χ1v) is 13.3. The Morgan fingerprint density at radius 2 is 1.60 bits per heavy atom. The first kappa shape index (κ1) is 24.7. The lowest BCUT2D eigenvalue weighted by Gasteiger charge is -2.13. The standard InChI is InChI=1S/C24H25N3O6S2/c1-15-13-25-21(16(2)23(15)33-5)14-34(28)24-26-20-12-18(32-4)8-11-22(20)27(24)35(29,30)19-9-6-17(31-3)7-10-19/h6-13H,14H2,1-5H3. The Balaban J connectivity index is 1.87. The molecule has 1 unspecified atom stereocenters. The van der Waals surface area contributed by atoms with Gasteiger partial charge in [-0.3, -0.25) is 9.19 Å². The van der Waals surface area contributed by atoms with E-state index < -0.39 is 20.8 Å². The van der Waals surface area contributed by atoms with E-state index in [-0.39, 0.29) is 21.3 Å². The third kappa shape index (κ3) is 4.48.